The first-order chi connectivity index (χ1) is 9.97. The second-order valence-corrected chi connectivity index (χ2v) is 7.71. The third kappa shape index (κ3) is 4.30. The fraction of sp³-hybridized carbons (Fsp3) is 0.562. The number of nitrogen functional groups attached to an aromatic ring is 1. The van der Waals surface area contributed by atoms with Crippen LogP contribution in [0.25, 0.3) is 0 Å². The highest BCUT2D eigenvalue weighted by atomic mass is 32.2. The van der Waals surface area contributed by atoms with Gasteiger partial charge in [-0.25, -0.2) is 0 Å². The zero-order chi connectivity index (χ0) is 15.4. The summed E-state index contributed by atoms with van der Waals surface area (Å²) in [7, 11) is -1.11. The number of nitrogens with one attached hydrogen (secondary N) is 1. The van der Waals surface area contributed by atoms with Crippen molar-refractivity contribution in [2.45, 2.75) is 44.8 Å². The van der Waals surface area contributed by atoms with Gasteiger partial charge in [-0.05, 0) is 56.4 Å². The highest BCUT2D eigenvalue weighted by Gasteiger charge is 2.25. The normalized spacial score (nSPS) is 18.4. The Morgan fingerprint density at radius 2 is 2.10 bits per heavy atom. The van der Waals surface area contributed by atoms with Crippen molar-refractivity contribution in [1.29, 1.82) is 0 Å². The number of carbonyl (C=O) groups is 1. The van der Waals surface area contributed by atoms with Crippen molar-refractivity contribution < 1.29 is 9.00 Å². The van der Waals surface area contributed by atoms with Crippen molar-refractivity contribution in [3.8, 4) is 0 Å². The van der Waals surface area contributed by atoms with E-state index in [1.54, 1.807) is 19.1 Å². The maximum atomic E-state index is 12.3. The second kappa shape index (κ2) is 7.07. The number of benzene rings is 1. The van der Waals surface area contributed by atoms with Gasteiger partial charge < -0.3 is 11.1 Å². The zero-order valence-corrected chi connectivity index (χ0v) is 13.5. The molecule has 0 radical (unpaired) electrons. The summed E-state index contributed by atoms with van der Waals surface area (Å²) in [5.41, 5.74) is 8.02. The predicted octanol–water partition coefficient (Wildman–Crippen LogP) is 2.84. The molecule has 0 saturated heterocycles. The van der Waals surface area contributed by atoms with Crippen LogP contribution in [0.2, 0.25) is 0 Å². The molecule has 2 rings (SSSR count). The molecular formula is C16H24N2O2S. The van der Waals surface area contributed by atoms with Gasteiger partial charge in [0.25, 0.3) is 0 Å². The molecule has 1 amide bonds. The third-order valence-electron chi connectivity index (χ3n) is 4.15. The van der Waals surface area contributed by atoms with E-state index in [9.17, 15) is 9.00 Å². The molecule has 1 saturated carbocycles. The van der Waals surface area contributed by atoms with Crippen LogP contribution in [0.3, 0.4) is 0 Å². The van der Waals surface area contributed by atoms with Crippen molar-refractivity contribution in [3.63, 3.8) is 0 Å². The molecule has 0 spiro atoms. The summed E-state index contributed by atoms with van der Waals surface area (Å²) < 4.78 is 12.3. The van der Waals surface area contributed by atoms with Crippen molar-refractivity contribution >= 4 is 28.1 Å². The number of aryl methyl sites for hydroxylation is 1. The molecule has 2 atom stereocenters. The van der Waals surface area contributed by atoms with Gasteiger partial charge >= 0.3 is 0 Å². The Morgan fingerprint density at radius 3 is 2.71 bits per heavy atom. The van der Waals surface area contributed by atoms with E-state index < -0.39 is 16.0 Å². The molecule has 1 aliphatic rings. The van der Waals surface area contributed by atoms with E-state index in [-0.39, 0.29) is 5.91 Å². The third-order valence-corrected chi connectivity index (χ3v) is 5.95. The molecule has 21 heavy (non-hydrogen) atoms. The Hall–Kier alpha value is -1.36. The largest absolute Gasteiger partial charge is 0.399 e. The van der Waals surface area contributed by atoms with Gasteiger partial charge in [0.2, 0.25) is 5.91 Å². The Labute approximate surface area is 129 Å². The van der Waals surface area contributed by atoms with E-state index in [2.05, 4.69) is 5.32 Å². The number of rotatable bonds is 5. The summed E-state index contributed by atoms with van der Waals surface area (Å²) in [5, 5.41) is 2.37. The fourth-order valence-electron chi connectivity index (χ4n) is 2.73. The van der Waals surface area contributed by atoms with Crippen LogP contribution in [0.4, 0.5) is 11.4 Å². The highest BCUT2D eigenvalue weighted by molar-refractivity contribution is 7.86. The average molecular weight is 308 g/mol. The van der Waals surface area contributed by atoms with Crippen LogP contribution in [0.15, 0.2) is 18.2 Å². The topological polar surface area (TPSA) is 72.2 Å². The molecular weight excluding hydrogens is 284 g/mol. The van der Waals surface area contributed by atoms with Crippen molar-refractivity contribution in [3.05, 3.63) is 23.8 Å². The van der Waals surface area contributed by atoms with Crippen molar-refractivity contribution in [1.82, 2.24) is 0 Å². The molecule has 116 valence electrons. The van der Waals surface area contributed by atoms with Gasteiger partial charge in [0.1, 0.15) is 5.25 Å². The van der Waals surface area contributed by atoms with Crippen molar-refractivity contribution in [2.24, 2.45) is 5.92 Å². The monoisotopic (exact) mass is 308 g/mol. The first kappa shape index (κ1) is 16.0. The first-order valence-corrected chi connectivity index (χ1v) is 8.89. The number of anilines is 2. The lowest BCUT2D eigenvalue weighted by Crippen LogP contribution is -2.31. The molecule has 1 aromatic rings. The second-order valence-electron chi connectivity index (χ2n) is 5.90. The van der Waals surface area contributed by atoms with Crippen LogP contribution in [0, 0.1) is 12.8 Å². The molecule has 5 heteroatoms. The molecule has 0 heterocycles. The number of hydrogen-bond donors (Lipinski definition) is 2. The summed E-state index contributed by atoms with van der Waals surface area (Å²) in [6.45, 7) is 3.64. The van der Waals surface area contributed by atoms with Gasteiger partial charge in [-0.15, -0.1) is 0 Å². The van der Waals surface area contributed by atoms with Gasteiger partial charge in [-0.2, -0.15) is 0 Å². The van der Waals surface area contributed by atoms with Gasteiger partial charge in [0, 0.05) is 27.9 Å². The molecule has 3 N–H and O–H groups in total. The van der Waals surface area contributed by atoms with E-state index in [1.165, 1.54) is 12.8 Å². The first-order valence-electron chi connectivity index (χ1n) is 7.51. The average Bonchev–Trinajstić information content (AvgIpc) is 2.93. The fourth-order valence-corrected chi connectivity index (χ4v) is 4.12. The van der Waals surface area contributed by atoms with Crippen LogP contribution in [0.1, 0.15) is 38.2 Å². The lowest BCUT2D eigenvalue weighted by atomic mass is 10.1. The number of carbonyl (C=O) groups excluding carboxylic acids is 1. The van der Waals surface area contributed by atoms with E-state index in [1.807, 2.05) is 13.0 Å². The Bertz CT molecular complexity index is 539. The smallest absolute Gasteiger partial charge is 0.239 e. The van der Waals surface area contributed by atoms with Gasteiger partial charge in [0.15, 0.2) is 0 Å². The maximum Gasteiger partial charge on any atom is 0.239 e. The highest BCUT2D eigenvalue weighted by Crippen LogP contribution is 2.26. The summed E-state index contributed by atoms with van der Waals surface area (Å²) in [6.07, 6.45) is 4.76. The molecule has 1 fully saturated rings. The Balaban J connectivity index is 1.93. The molecule has 4 nitrogen and oxygen atoms in total. The maximum absolute atomic E-state index is 12.3. The molecule has 2 unspecified atom stereocenters. The van der Waals surface area contributed by atoms with Crippen LogP contribution in [0.5, 0.6) is 0 Å². The minimum Gasteiger partial charge on any atom is -0.399 e. The summed E-state index contributed by atoms with van der Waals surface area (Å²) in [5.74, 6) is 0.994. The lowest BCUT2D eigenvalue weighted by molar-refractivity contribution is -0.115. The molecule has 1 aromatic carbocycles. The van der Waals surface area contributed by atoms with Crippen molar-refractivity contribution in [2.75, 3.05) is 16.8 Å². The van der Waals surface area contributed by atoms with Gasteiger partial charge in [0.05, 0.1) is 0 Å². The standard InChI is InChI=1S/C16H24N2O2S/c1-11-9-14(17)7-8-15(11)18-16(19)12(2)21(20)10-13-5-3-4-6-13/h7-9,12-13H,3-6,10,17H2,1-2H3,(H,18,19). The molecule has 1 aliphatic carbocycles. The van der Waals surface area contributed by atoms with Crippen LogP contribution in [-0.2, 0) is 15.6 Å². The number of nitrogens with two attached hydrogens (primary N) is 1. The Morgan fingerprint density at radius 1 is 1.43 bits per heavy atom. The quantitative estimate of drug-likeness (QED) is 0.822. The van der Waals surface area contributed by atoms with E-state index in [0.29, 0.717) is 17.4 Å². The van der Waals surface area contributed by atoms with E-state index in [0.717, 1.165) is 24.1 Å². The van der Waals surface area contributed by atoms with Gasteiger partial charge in [-0.1, -0.05) is 12.8 Å². The van der Waals surface area contributed by atoms with Gasteiger partial charge in [-0.3, -0.25) is 9.00 Å². The number of amides is 1. The van der Waals surface area contributed by atoms with E-state index in [4.69, 9.17) is 5.73 Å². The summed E-state index contributed by atoms with van der Waals surface area (Å²) >= 11 is 0. The predicted molar refractivity (Wildman–Crippen MR) is 88.7 cm³/mol. The molecule has 0 aliphatic heterocycles. The summed E-state index contributed by atoms with van der Waals surface area (Å²) in [4.78, 5) is 12.2. The zero-order valence-electron chi connectivity index (χ0n) is 12.7. The van der Waals surface area contributed by atoms with Crippen LogP contribution in [-0.4, -0.2) is 21.1 Å². The van der Waals surface area contributed by atoms with E-state index >= 15 is 0 Å². The SMILES string of the molecule is Cc1cc(N)ccc1NC(=O)C(C)S(=O)CC1CCCC1. The minimum atomic E-state index is -1.11. The van der Waals surface area contributed by atoms with Crippen LogP contribution < -0.4 is 11.1 Å². The Kier molecular flexibility index (Phi) is 5.39. The molecule has 0 bridgehead atoms. The lowest BCUT2D eigenvalue weighted by Gasteiger charge is -2.16. The summed E-state index contributed by atoms with van der Waals surface area (Å²) in [6, 6.07) is 5.35. The van der Waals surface area contributed by atoms with Crippen LogP contribution >= 0.6 is 0 Å². The minimum absolute atomic E-state index is 0.181. The molecule has 0 aromatic heterocycles. The number of hydrogen-bond acceptors (Lipinski definition) is 3.